The fourth-order valence-corrected chi connectivity index (χ4v) is 3.84. The molecule has 182 valence electrons. The second-order valence-electron chi connectivity index (χ2n) is 8.01. The van der Waals surface area contributed by atoms with Gasteiger partial charge in [0, 0.05) is 32.8 Å². The van der Waals surface area contributed by atoms with Crippen LogP contribution in [-0.2, 0) is 0 Å². The number of furan rings is 1. The first-order valence-electron chi connectivity index (χ1n) is 11.1. The van der Waals surface area contributed by atoms with Crippen LogP contribution in [0.15, 0.2) is 95.7 Å². The number of fused-ring (bicyclic) bond motifs is 1. The number of halogens is 1. The van der Waals surface area contributed by atoms with Crippen LogP contribution in [0.25, 0.3) is 28.3 Å². The summed E-state index contributed by atoms with van der Waals surface area (Å²) in [4.78, 5) is 32.9. The number of allylic oxidation sites excluding steroid dienone is 1. The summed E-state index contributed by atoms with van der Waals surface area (Å²) in [5.74, 6) is 0.727. The molecule has 0 atom stereocenters. The number of amides is 1. The van der Waals surface area contributed by atoms with Crippen molar-refractivity contribution in [3.8, 4) is 11.3 Å². The lowest BCUT2D eigenvalue weighted by atomic mass is 10.1. The van der Waals surface area contributed by atoms with Crippen LogP contribution in [0.3, 0.4) is 0 Å². The minimum Gasteiger partial charge on any atom is -0.457 e. The highest BCUT2D eigenvalue weighted by Crippen LogP contribution is 2.30. The number of aromatic nitrogens is 2. The van der Waals surface area contributed by atoms with E-state index in [9.17, 15) is 9.59 Å². The van der Waals surface area contributed by atoms with E-state index >= 15 is 0 Å². The average Bonchev–Trinajstić information content (AvgIpc) is 3.41. The van der Waals surface area contributed by atoms with Gasteiger partial charge in [-0.05, 0) is 78.9 Å². The molecule has 0 spiro atoms. The molecule has 0 aliphatic carbocycles. The van der Waals surface area contributed by atoms with Gasteiger partial charge in [-0.3, -0.25) is 14.8 Å². The van der Waals surface area contributed by atoms with Crippen LogP contribution in [0.1, 0.15) is 26.5 Å². The lowest BCUT2D eigenvalue weighted by Gasteiger charge is -2.09. The first-order chi connectivity index (χ1) is 18.0. The minimum absolute atomic E-state index is 0.173. The Kier molecular flexibility index (Phi) is 6.76. The highest BCUT2D eigenvalue weighted by atomic mass is 35.5. The monoisotopic (exact) mass is 510 g/mol. The molecule has 0 aliphatic rings. The normalized spacial score (nSPS) is 11.1. The topological polar surface area (TPSA) is 117 Å². The molecule has 0 aliphatic heterocycles. The third kappa shape index (κ3) is 5.40. The van der Waals surface area contributed by atoms with Crippen LogP contribution in [0.2, 0.25) is 5.02 Å². The maximum Gasteiger partial charge on any atom is 0.274 e. The zero-order valence-corrected chi connectivity index (χ0v) is 19.9. The molecule has 2 heterocycles. The number of carbonyl (C=O) groups is 2. The number of ketones is 1. The van der Waals surface area contributed by atoms with Crippen molar-refractivity contribution in [1.82, 2.24) is 15.4 Å². The molecule has 5 aromatic rings. The Balaban J connectivity index is 1.37. The Morgan fingerprint density at radius 2 is 1.73 bits per heavy atom. The lowest BCUT2D eigenvalue weighted by molar-refractivity contribution is 0.0706. The van der Waals surface area contributed by atoms with Crippen molar-refractivity contribution in [2.75, 3.05) is 5.32 Å². The van der Waals surface area contributed by atoms with E-state index in [1.807, 2.05) is 36.4 Å². The molecule has 8 nitrogen and oxygen atoms in total. The van der Waals surface area contributed by atoms with Gasteiger partial charge in [0.15, 0.2) is 5.78 Å². The molecule has 3 N–H and O–H groups in total. The third-order valence-electron chi connectivity index (χ3n) is 5.56. The van der Waals surface area contributed by atoms with E-state index in [-0.39, 0.29) is 11.3 Å². The molecular formula is C28H19ClN4O4. The van der Waals surface area contributed by atoms with Crippen LogP contribution in [-0.4, -0.2) is 26.9 Å². The van der Waals surface area contributed by atoms with Crippen LogP contribution < -0.4 is 10.8 Å². The summed E-state index contributed by atoms with van der Waals surface area (Å²) < 4.78 is 5.94. The Morgan fingerprint density at radius 1 is 0.919 bits per heavy atom. The fourth-order valence-electron chi connectivity index (χ4n) is 3.71. The maximum absolute atomic E-state index is 12.6. The van der Waals surface area contributed by atoms with Crippen LogP contribution in [0.5, 0.6) is 0 Å². The Bertz CT molecular complexity index is 1640. The summed E-state index contributed by atoms with van der Waals surface area (Å²) in [6.07, 6.45) is 4.42. The van der Waals surface area contributed by atoms with Crippen LogP contribution in [0.4, 0.5) is 11.5 Å². The highest BCUT2D eigenvalue weighted by molar-refractivity contribution is 6.30. The van der Waals surface area contributed by atoms with Gasteiger partial charge in [0.05, 0.1) is 5.52 Å². The number of anilines is 2. The molecule has 9 heteroatoms. The van der Waals surface area contributed by atoms with Crippen molar-refractivity contribution in [2.45, 2.75) is 0 Å². The average molecular weight is 511 g/mol. The second-order valence-corrected chi connectivity index (χ2v) is 8.44. The summed E-state index contributed by atoms with van der Waals surface area (Å²) in [5, 5.41) is 13.5. The molecule has 3 aromatic carbocycles. The van der Waals surface area contributed by atoms with Crippen molar-refractivity contribution >= 4 is 51.8 Å². The fraction of sp³-hybridized carbons (Fsp3) is 0. The minimum atomic E-state index is -0.693. The second kappa shape index (κ2) is 10.4. The summed E-state index contributed by atoms with van der Waals surface area (Å²) in [6, 6.07) is 22.7. The van der Waals surface area contributed by atoms with Gasteiger partial charge in [0.25, 0.3) is 5.91 Å². The van der Waals surface area contributed by atoms with Gasteiger partial charge < -0.3 is 9.73 Å². The number of rotatable bonds is 7. The largest absolute Gasteiger partial charge is 0.457 e. The first kappa shape index (κ1) is 23.9. The molecule has 0 bridgehead atoms. The number of hydrogen-bond donors (Lipinski definition) is 3. The molecule has 0 fully saturated rings. The summed E-state index contributed by atoms with van der Waals surface area (Å²) in [6.45, 7) is 0. The maximum atomic E-state index is 12.6. The summed E-state index contributed by atoms with van der Waals surface area (Å²) in [5.41, 5.74) is 4.45. The van der Waals surface area contributed by atoms with E-state index in [1.54, 1.807) is 41.9 Å². The highest BCUT2D eigenvalue weighted by Gasteiger charge is 2.11. The predicted molar refractivity (Wildman–Crippen MR) is 141 cm³/mol. The van der Waals surface area contributed by atoms with Crippen molar-refractivity contribution in [1.29, 1.82) is 0 Å². The van der Waals surface area contributed by atoms with Crippen molar-refractivity contribution in [2.24, 2.45) is 0 Å². The summed E-state index contributed by atoms with van der Waals surface area (Å²) in [7, 11) is 0. The van der Waals surface area contributed by atoms with E-state index in [0.29, 0.717) is 27.9 Å². The quantitative estimate of drug-likeness (QED) is 0.102. The predicted octanol–water partition coefficient (Wildman–Crippen LogP) is 6.30. The number of hydrogen-bond acceptors (Lipinski definition) is 7. The van der Waals surface area contributed by atoms with Gasteiger partial charge in [0.2, 0.25) is 0 Å². The SMILES string of the molecule is O=C(C=Cc1ccc(-c2ccc3ncnc(Nc4ccc(Cl)cc4)c3c2)o1)c1cccc(C(=O)NO)c1. The van der Waals surface area contributed by atoms with E-state index in [1.165, 1.54) is 24.5 Å². The Hall–Kier alpha value is -4.79. The molecule has 0 saturated heterocycles. The number of carbonyl (C=O) groups excluding carboxylic acids is 2. The molecule has 2 aromatic heterocycles. The zero-order valence-electron chi connectivity index (χ0n) is 19.2. The third-order valence-corrected chi connectivity index (χ3v) is 5.82. The molecule has 37 heavy (non-hydrogen) atoms. The molecule has 1 amide bonds. The van der Waals surface area contributed by atoms with Crippen molar-refractivity contribution < 1.29 is 19.2 Å². The van der Waals surface area contributed by atoms with Gasteiger partial charge in [-0.25, -0.2) is 15.4 Å². The van der Waals surface area contributed by atoms with E-state index < -0.39 is 5.91 Å². The zero-order chi connectivity index (χ0) is 25.8. The van der Waals surface area contributed by atoms with Crippen molar-refractivity contribution in [3.63, 3.8) is 0 Å². The molecule has 5 rings (SSSR count). The van der Waals surface area contributed by atoms with E-state index in [2.05, 4.69) is 15.3 Å². The van der Waals surface area contributed by atoms with E-state index in [0.717, 1.165) is 22.2 Å². The van der Waals surface area contributed by atoms with Crippen LogP contribution in [0, 0.1) is 0 Å². The van der Waals surface area contributed by atoms with Gasteiger partial charge >= 0.3 is 0 Å². The van der Waals surface area contributed by atoms with Crippen molar-refractivity contribution in [3.05, 3.63) is 113 Å². The van der Waals surface area contributed by atoms with Gasteiger partial charge in [0.1, 0.15) is 23.7 Å². The molecule has 0 unspecified atom stereocenters. The smallest absolute Gasteiger partial charge is 0.274 e. The first-order valence-corrected chi connectivity index (χ1v) is 11.5. The van der Waals surface area contributed by atoms with Gasteiger partial charge in [-0.1, -0.05) is 23.7 Å². The molecule has 0 radical (unpaired) electrons. The number of nitrogens with one attached hydrogen (secondary N) is 2. The molecular weight excluding hydrogens is 492 g/mol. The lowest BCUT2D eigenvalue weighted by Crippen LogP contribution is -2.18. The Labute approximate surface area is 216 Å². The number of benzene rings is 3. The van der Waals surface area contributed by atoms with Gasteiger partial charge in [-0.15, -0.1) is 0 Å². The van der Waals surface area contributed by atoms with Gasteiger partial charge in [-0.2, -0.15) is 0 Å². The number of hydroxylamine groups is 1. The molecule has 0 saturated carbocycles. The number of nitrogens with zero attached hydrogens (tertiary/aromatic N) is 2. The van der Waals surface area contributed by atoms with E-state index in [4.69, 9.17) is 21.2 Å². The Morgan fingerprint density at radius 3 is 2.54 bits per heavy atom. The summed E-state index contributed by atoms with van der Waals surface area (Å²) >= 11 is 5.98. The standard InChI is InChI=1S/C28H19ClN4O4/c29-20-5-7-21(8-6-20)32-27-23-15-18(4-11-24(23)30-16-31-27)26-13-10-22(37-26)9-12-25(34)17-2-1-3-19(14-17)28(35)33-36/h1-16,36H,(H,33,35)(H,30,31,32). The van der Waals surface area contributed by atoms with Crippen LogP contribution >= 0.6 is 11.6 Å².